The zero-order chi connectivity index (χ0) is 16.2. The second-order valence-corrected chi connectivity index (χ2v) is 5.75. The predicted octanol–water partition coefficient (Wildman–Crippen LogP) is 3.44. The van der Waals surface area contributed by atoms with Crippen LogP contribution >= 0.6 is 15.9 Å². The molecular formula is C14H16BrF2NO3. The molecule has 0 atom stereocenters. The Labute approximate surface area is 129 Å². The van der Waals surface area contributed by atoms with Gasteiger partial charge in [-0.25, -0.2) is 8.78 Å². The van der Waals surface area contributed by atoms with Crippen LogP contribution in [0.25, 0.3) is 0 Å². The molecule has 1 rings (SSSR count). The van der Waals surface area contributed by atoms with Crippen LogP contribution in [0.15, 0.2) is 16.6 Å². The van der Waals surface area contributed by atoms with Crippen LogP contribution in [0.2, 0.25) is 0 Å². The van der Waals surface area contributed by atoms with E-state index in [1.54, 1.807) is 13.8 Å². The summed E-state index contributed by atoms with van der Waals surface area (Å²) in [6.07, 6.45) is 0.112. The first-order valence-corrected chi connectivity index (χ1v) is 7.20. The summed E-state index contributed by atoms with van der Waals surface area (Å²) in [5.74, 6) is -3.66. The van der Waals surface area contributed by atoms with Crippen LogP contribution in [0, 0.1) is 11.6 Å². The molecular weight excluding hydrogens is 348 g/mol. The summed E-state index contributed by atoms with van der Waals surface area (Å²) in [6, 6.07) is 1.74. The van der Waals surface area contributed by atoms with Crippen LogP contribution < -0.4 is 0 Å². The van der Waals surface area contributed by atoms with Gasteiger partial charge in [-0.05, 0) is 32.4 Å². The van der Waals surface area contributed by atoms with Crippen LogP contribution in [-0.4, -0.2) is 34.5 Å². The van der Waals surface area contributed by atoms with Crippen molar-refractivity contribution < 1.29 is 23.5 Å². The van der Waals surface area contributed by atoms with Gasteiger partial charge in [0.1, 0.15) is 17.2 Å². The second-order valence-electron chi connectivity index (χ2n) is 4.83. The molecule has 7 heteroatoms. The fourth-order valence-electron chi connectivity index (χ4n) is 1.88. The van der Waals surface area contributed by atoms with Crippen molar-refractivity contribution in [3.8, 4) is 0 Å². The van der Waals surface area contributed by atoms with E-state index in [0.717, 1.165) is 12.1 Å². The molecule has 21 heavy (non-hydrogen) atoms. The minimum absolute atomic E-state index is 0.109. The lowest BCUT2D eigenvalue weighted by Crippen LogP contribution is -2.38. The molecule has 0 radical (unpaired) electrons. The summed E-state index contributed by atoms with van der Waals surface area (Å²) in [7, 11) is 0. The standard InChI is InChI=1S/C14H16BrF2NO3/c1-8(2)18(5-3-4-12(19)20)14(21)13-10(16)6-9(15)7-11(13)17/h6-8H,3-5H2,1-2H3,(H,19,20). The zero-order valence-electron chi connectivity index (χ0n) is 11.7. The van der Waals surface area contributed by atoms with Gasteiger partial charge in [-0.15, -0.1) is 0 Å². The second kappa shape index (κ2) is 7.49. The molecule has 0 heterocycles. The third-order valence-corrected chi connectivity index (χ3v) is 3.35. The Morgan fingerprint density at radius 3 is 2.24 bits per heavy atom. The molecule has 0 saturated carbocycles. The van der Waals surface area contributed by atoms with Gasteiger partial charge in [-0.1, -0.05) is 15.9 Å². The van der Waals surface area contributed by atoms with E-state index in [0.29, 0.717) is 0 Å². The molecule has 0 spiro atoms. The van der Waals surface area contributed by atoms with Gasteiger partial charge in [0.05, 0.1) is 0 Å². The normalized spacial score (nSPS) is 10.8. The Kier molecular flexibility index (Phi) is 6.26. The van der Waals surface area contributed by atoms with Gasteiger partial charge in [0, 0.05) is 23.5 Å². The lowest BCUT2D eigenvalue weighted by atomic mass is 10.1. The number of rotatable bonds is 6. The van der Waals surface area contributed by atoms with E-state index in [9.17, 15) is 18.4 Å². The molecule has 1 amide bonds. The van der Waals surface area contributed by atoms with Gasteiger partial charge >= 0.3 is 5.97 Å². The number of benzene rings is 1. The summed E-state index contributed by atoms with van der Waals surface area (Å²) >= 11 is 2.95. The molecule has 0 aliphatic rings. The summed E-state index contributed by atoms with van der Waals surface area (Å²) in [6.45, 7) is 3.53. The van der Waals surface area contributed by atoms with Gasteiger partial charge in [0.15, 0.2) is 0 Å². The van der Waals surface area contributed by atoms with E-state index >= 15 is 0 Å². The number of carboxylic acid groups (broad SMARTS) is 1. The van der Waals surface area contributed by atoms with Crippen molar-refractivity contribution in [3.63, 3.8) is 0 Å². The first-order chi connectivity index (χ1) is 9.73. The highest BCUT2D eigenvalue weighted by Gasteiger charge is 2.25. The maximum atomic E-state index is 13.8. The molecule has 1 aromatic carbocycles. The van der Waals surface area contributed by atoms with E-state index in [-0.39, 0.29) is 29.9 Å². The molecule has 0 aliphatic carbocycles. The number of halogens is 3. The molecule has 0 unspecified atom stereocenters. The number of carbonyl (C=O) groups excluding carboxylic acids is 1. The first-order valence-electron chi connectivity index (χ1n) is 6.41. The summed E-state index contributed by atoms with van der Waals surface area (Å²) in [4.78, 5) is 24.1. The highest BCUT2D eigenvalue weighted by molar-refractivity contribution is 9.10. The SMILES string of the molecule is CC(C)N(CCCC(=O)O)C(=O)c1c(F)cc(Br)cc1F. The van der Waals surface area contributed by atoms with Crippen LogP contribution in [0.4, 0.5) is 8.78 Å². The number of hydrogen-bond donors (Lipinski definition) is 1. The summed E-state index contributed by atoms with van der Waals surface area (Å²) < 4.78 is 27.9. The van der Waals surface area contributed by atoms with E-state index < -0.39 is 29.1 Å². The van der Waals surface area contributed by atoms with Gasteiger partial charge in [0.25, 0.3) is 5.91 Å². The van der Waals surface area contributed by atoms with Gasteiger partial charge in [0.2, 0.25) is 0 Å². The van der Waals surface area contributed by atoms with Gasteiger partial charge in [-0.3, -0.25) is 9.59 Å². The van der Waals surface area contributed by atoms with E-state index in [4.69, 9.17) is 5.11 Å². The maximum Gasteiger partial charge on any atom is 0.303 e. The lowest BCUT2D eigenvalue weighted by Gasteiger charge is -2.27. The monoisotopic (exact) mass is 363 g/mol. The quantitative estimate of drug-likeness (QED) is 0.841. The first kappa shape index (κ1) is 17.6. The third-order valence-electron chi connectivity index (χ3n) is 2.89. The summed E-state index contributed by atoms with van der Waals surface area (Å²) in [5.41, 5.74) is -0.623. The Balaban J connectivity index is 2.99. The van der Waals surface area contributed by atoms with Crippen molar-refractivity contribution in [1.82, 2.24) is 4.90 Å². The molecule has 1 aromatic rings. The average Bonchev–Trinajstić information content (AvgIpc) is 2.32. The molecule has 0 bridgehead atoms. The van der Waals surface area contributed by atoms with Gasteiger partial charge in [-0.2, -0.15) is 0 Å². The minimum atomic E-state index is -0.979. The lowest BCUT2D eigenvalue weighted by molar-refractivity contribution is -0.137. The molecule has 0 aromatic heterocycles. The fourth-order valence-corrected chi connectivity index (χ4v) is 2.29. The van der Waals surface area contributed by atoms with Gasteiger partial charge < -0.3 is 10.0 Å². The molecule has 0 aliphatic heterocycles. The van der Waals surface area contributed by atoms with E-state index in [2.05, 4.69) is 15.9 Å². The summed E-state index contributed by atoms with van der Waals surface area (Å²) in [5, 5.41) is 8.61. The molecule has 1 N–H and O–H groups in total. The average molecular weight is 364 g/mol. The molecule has 0 saturated heterocycles. The predicted molar refractivity (Wildman–Crippen MR) is 77.1 cm³/mol. The van der Waals surface area contributed by atoms with Crippen molar-refractivity contribution in [2.75, 3.05) is 6.54 Å². The molecule has 0 fully saturated rings. The Morgan fingerprint density at radius 1 is 1.29 bits per heavy atom. The number of amides is 1. The zero-order valence-corrected chi connectivity index (χ0v) is 13.3. The van der Waals surface area contributed by atoms with Crippen molar-refractivity contribution >= 4 is 27.8 Å². The van der Waals surface area contributed by atoms with Crippen LogP contribution in [-0.2, 0) is 4.79 Å². The fraction of sp³-hybridized carbons (Fsp3) is 0.429. The van der Waals surface area contributed by atoms with Crippen molar-refractivity contribution in [3.05, 3.63) is 33.8 Å². The Morgan fingerprint density at radius 2 is 1.81 bits per heavy atom. The van der Waals surface area contributed by atoms with Crippen molar-refractivity contribution in [1.29, 1.82) is 0 Å². The molecule has 4 nitrogen and oxygen atoms in total. The number of carboxylic acids is 1. The molecule has 116 valence electrons. The third kappa shape index (κ3) is 4.77. The number of nitrogens with zero attached hydrogens (tertiary/aromatic N) is 1. The largest absolute Gasteiger partial charge is 0.481 e. The topological polar surface area (TPSA) is 57.6 Å². The van der Waals surface area contributed by atoms with Crippen LogP contribution in [0.5, 0.6) is 0 Å². The maximum absolute atomic E-state index is 13.8. The minimum Gasteiger partial charge on any atom is -0.481 e. The smallest absolute Gasteiger partial charge is 0.303 e. The number of hydrogen-bond acceptors (Lipinski definition) is 2. The highest BCUT2D eigenvalue weighted by atomic mass is 79.9. The number of carbonyl (C=O) groups is 2. The number of aliphatic carboxylic acids is 1. The Hall–Kier alpha value is -1.50. The van der Waals surface area contributed by atoms with Crippen LogP contribution in [0.1, 0.15) is 37.0 Å². The van der Waals surface area contributed by atoms with E-state index in [1.165, 1.54) is 4.90 Å². The Bertz CT molecular complexity index is 526. The van der Waals surface area contributed by atoms with Crippen molar-refractivity contribution in [2.24, 2.45) is 0 Å². The highest BCUT2D eigenvalue weighted by Crippen LogP contribution is 2.22. The van der Waals surface area contributed by atoms with Crippen molar-refractivity contribution in [2.45, 2.75) is 32.7 Å². The van der Waals surface area contributed by atoms with E-state index in [1.807, 2.05) is 0 Å². The van der Waals surface area contributed by atoms with Crippen LogP contribution in [0.3, 0.4) is 0 Å².